The van der Waals surface area contributed by atoms with Crippen molar-refractivity contribution in [2.24, 2.45) is 0 Å². The summed E-state index contributed by atoms with van der Waals surface area (Å²) in [6.45, 7) is 10.3. The summed E-state index contributed by atoms with van der Waals surface area (Å²) in [5.74, 6) is 0.979. The summed E-state index contributed by atoms with van der Waals surface area (Å²) in [4.78, 5) is 0. The first-order chi connectivity index (χ1) is 8.17. The molecule has 0 aliphatic rings. The van der Waals surface area contributed by atoms with Gasteiger partial charge in [-0.25, -0.2) is 0 Å². The fraction of sp³-hybridized carbons (Fsp3) is 0.600. The number of rotatable bonds is 7. The third-order valence-electron chi connectivity index (χ3n) is 3.06. The van der Waals surface area contributed by atoms with Gasteiger partial charge >= 0.3 is 0 Å². The number of hydrogen-bond donors (Lipinski definition) is 1. The minimum absolute atomic E-state index is 0.464. The molecule has 0 aromatic heterocycles. The molecule has 0 aliphatic carbocycles. The summed E-state index contributed by atoms with van der Waals surface area (Å²) >= 11 is 0. The van der Waals surface area contributed by atoms with Crippen molar-refractivity contribution in [1.82, 2.24) is 5.32 Å². The normalized spacial score (nSPS) is 12.5. The van der Waals surface area contributed by atoms with Gasteiger partial charge in [-0.3, -0.25) is 0 Å². The summed E-state index contributed by atoms with van der Waals surface area (Å²) in [6, 6.07) is 6.75. The van der Waals surface area contributed by atoms with Gasteiger partial charge in [0.15, 0.2) is 0 Å². The van der Waals surface area contributed by atoms with Crippen LogP contribution in [0.25, 0.3) is 0 Å². The maximum absolute atomic E-state index is 5.85. The molecular formula is C15H25NO. The molecule has 0 saturated heterocycles. The van der Waals surface area contributed by atoms with Crippen molar-refractivity contribution in [3.05, 3.63) is 29.3 Å². The molecular weight excluding hydrogens is 210 g/mol. The van der Waals surface area contributed by atoms with Crippen LogP contribution in [0.1, 0.15) is 37.8 Å². The van der Waals surface area contributed by atoms with E-state index < -0.39 is 0 Å². The van der Waals surface area contributed by atoms with Crippen molar-refractivity contribution in [3.63, 3.8) is 0 Å². The Morgan fingerprint density at radius 3 is 2.53 bits per heavy atom. The van der Waals surface area contributed by atoms with Gasteiger partial charge in [-0.2, -0.15) is 0 Å². The molecule has 1 atom stereocenters. The molecule has 96 valence electrons. The van der Waals surface area contributed by atoms with E-state index in [9.17, 15) is 0 Å². The van der Waals surface area contributed by atoms with Crippen LogP contribution in [0.2, 0.25) is 0 Å². The van der Waals surface area contributed by atoms with Gasteiger partial charge in [0.05, 0.1) is 0 Å². The lowest BCUT2D eigenvalue weighted by molar-refractivity contribution is 0.257. The molecule has 0 heterocycles. The summed E-state index contributed by atoms with van der Waals surface area (Å²) in [7, 11) is 0. The number of aryl methyl sites for hydroxylation is 2. The first-order valence-corrected chi connectivity index (χ1v) is 6.60. The third-order valence-corrected chi connectivity index (χ3v) is 3.06. The Balaban J connectivity index is 2.49. The summed E-state index contributed by atoms with van der Waals surface area (Å²) in [5.41, 5.74) is 2.60. The lowest BCUT2D eigenvalue weighted by Gasteiger charge is -2.18. The number of benzene rings is 1. The molecule has 0 radical (unpaired) electrons. The molecule has 2 heteroatoms. The molecule has 2 nitrogen and oxygen atoms in total. The van der Waals surface area contributed by atoms with Crippen LogP contribution in [0.15, 0.2) is 18.2 Å². The highest BCUT2D eigenvalue weighted by Gasteiger charge is 2.07. The maximum Gasteiger partial charge on any atom is 0.119 e. The number of nitrogens with one attached hydrogen (secondary N) is 1. The predicted molar refractivity (Wildman–Crippen MR) is 73.8 cm³/mol. The minimum Gasteiger partial charge on any atom is -0.492 e. The van der Waals surface area contributed by atoms with Crippen LogP contribution < -0.4 is 10.1 Å². The second kappa shape index (κ2) is 7.33. The van der Waals surface area contributed by atoms with E-state index >= 15 is 0 Å². The Bertz CT molecular complexity index is 330. The van der Waals surface area contributed by atoms with Gasteiger partial charge in [0, 0.05) is 6.04 Å². The van der Waals surface area contributed by atoms with Crippen LogP contribution in [0, 0.1) is 13.8 Å². The molecule has 0 fully saturated rings. The van der Waals surface area contributed by atoms with E-state index in [0.29, 0.717) is 6.04 Å². The van der Waals surface area contributed by atoms with E-state index in [1.165, 1.54) is 24.0 Å². The quantitative estimate of drug-likeness (QED) is 0.781. The minimum atomic E-state index is 0.464. The van der Waals surface area contributed by atoms with Crippen LogP contribution in [0.5, 0.6) is 5.75 Å². The Hall–Kier alpha value is -1.02. The second-order valence-electron chi connectivity index (χ2n) is 4.60. The van der Waals surface area contributed by atoms with Gasteiger partial charge in [-0.1, -0.05) is 26.3 Å². The maximum atomic E-state index is 5.85. The van der Waals surface area contributed by atoms with E-state index in [1.807, 2.05) is 0 Å². The molecule has 0 aliphatic heterocycles. The van der Waals surface area contributed by atoms with Crippen LogP contribution in [0.3, 0.4) is 0 Å². The van der Waals surface area contributed by atoms with Gasteiger partial charge in [0.2, 0.25) is 0 Å². The summed E-state index contributed by atoms with van der Waals surface area (Å²) in [5, 5.41) is 3.45. The largest absolute Gasteiger partial charge is 0.492 e. The molecule has 1 N–H and O–H groups in total. The average Bonchev–Trinajstić information content (AvgIpc) is 2.31. The molecule has 0 amide bonds. The van der Waals surface area contributed by atoms with Crippen LogP contribution in [0.4, 0.5) is 0 Å². The molecule has 0 bridgehead atoms. The third kappa shape index (κ3) is 4.78. The standard InChI is InChI=1S/C15H25NO/c1-5-7-14(16-6-2)11-17-15-9-8-12(3)13(4)10-15/h8-10,14,16H,5-7,11H2,1-4H3. The Kier molecular flexibility index (Phi) is 6.06. The van der Waals surface area contributed by atoms with Gasteiger partial charge in [-0.15, -0.1) is 0 Å². The average molecular weight is 235 g/mol. The lowest BCUT2D eigenvalue weighted by atomic mass is 10.1. The Morgan fingerprint density at radius 1 is 1.18 bits per heavy atom. The van der Waals surface area contributed by atoms with Gasteiger partial charge in [0.1, 0.15) is 12.4 Å². The molecule has 1 aromatic rings. The zero-order valence-corrected chi connectivity index (χ0v) is 11.5. The van der Waals surface area contributed by atoms with Crippen LogP contribution in [-0.2, 0) is 0 Å². The van der Waals surface area contributed by atoms with E-state index in [0.717, 1.165) is 18.9 Å². The fourth-order valence-corrected chi connectivity index (χ4v) is 1.88. The molecule has 1 unspecified atom stereocenters. The van der Waals surface area contributed by atoms with Gasteiger partial charge in [-0.05, 0) is 50.1 Å². The zero-order valence-electron chi connectivity index (χ0n) is 11.5. The summed E-state index contributed by atoms with van der Waals surface area (Å²) < 4.78 is 5.85. The molecule has 17 heavy (non-hydrogen) atoms. The van der Waals surface area contributed by atoms with E-state index in [4.69, 9.17) is 4.74 Å². The highest BCUT2D eigenvalue weighted by molar-refractivity contribution is 5.33. The fourth-order valence-electron chi connectivity index (χ4n) is 1.88. The molecule has 0 saturated carbocycles. The van der Waals surface area contributed by atoms with Crippen LogP contribution >= 0.6 is 0 Å². The van der Waals surface area contributed by atoms with Crippen molar-refractivity contribution in [2.75, 3.05) is 13.2 Å². The van der Waals surface area contributed by atoms with Gasteiger partial charge < -0.3 is 10.1 Å². The number of hydrogen-bond acceptors (Lipinski definition) is 2. The molecule has 1 rings (SSSR count). The van der Waals surface area contributed by atoms with Crippen molar-refractivity contribution in [2.45, 2.75) is 46.6 Å². The van der Waals surface area contributed by atoms with E-state index in [-0.39, 0.29) is 0 Å². The number of ether oxygens (including phenoxy) is 1. The molecule has 1 aromatic carbocycles. The highest BCUT2D eigenvalue weighted by atomic mass is 16.5. The second-order valence-corrected chi connectivity index (χ2v) is 4.60. The predicted octanol–water partition coefficient (Wildman–Crippen LogP) is 3.46. The SMILES string of the molecule is CCCC(COc1ccc(C)c(C)c1)NCC. The van der Waals surface area contributed by atoms with E-state index in [2.05, 4.69) is 51.2 Å². The highest BCUT2D eigenvalue weighted by Crippen LogP contribution is 2.16. The lowest BCUT2D eigenvalue weighted by Crippen LogP contribution is -2.34. The Labute approximate surface area is 105 Å². The topological polar surface area (TPSA) is 21.3 Å². The van der Waals surface area contributed by atoms with Crippen molar-refractivity contribution in [3.8, 4) is 5.75 Å². The first-order valence-electron chi connectivity index (χ1n) is 6.60. The first kappa shape index (κ1) is 14.0. The number of likely N-dealkylation sites (N-methyl/N-ethyl adjacent to an activating group) is 1. The van der Waals surface area contributed by atoms with Crippen LogP contribution in [-0.4, -0.2) is 19.2 Å². The monoisotopic (exact) mass is 235 g/mol. The summed E-state index contributed by atoms with van der Waals surface area (Å²) in [6.07, 6.45) is 2.35. The van der Waals surface area contributed by atoms with Crippen molar-refractivity contribution in [1.29, 1.82) is 0 Å². The van der Waals surface area contributed by atoms with Crippen molar-refractivity contribution < 1.29 is 4.74 Å². The smallest absolute Gasteiger partial charge is 0.119 e. The molecule has 0 spiro atoms. The van der Waals surface area contributed by atoms with E-state index in [1.54, 1.807) is 0 Å². The van der Waals surface area contributed by atoms with Crippen molar-refractivity contribution >= 4 is 0 Å². The zero-order chi connectivity index (χ0) is 12.7. The Morgan fingerprint density at radius 2 is 1.94 bits per heavy atom. The van der Waals surface area contributed by atoms with Gasteiger partial charge in [0.25, 0.3) is 0 Å².